The fourth-order valence-corrected chi connectivity index (χ4v) is 3.04. The number of carbonyl (C=O) groups excluding carboxylic acids is 3. The predicted octanol–water partition coefficient (Wildman–Crippen LogP) is 0.640. The van der Waals surface area contributed by atoms with Gasteiger partial charge < -0.3 is 14.8 Å². The third-order valence-electron chi connectivity index (χ3n) is 3.49. The Morgan fingerprint density at radius 1 is 1.21 bits per heavy atom. The first-order chi connectivity index (χ1) is 11.1. The van der Waals surface area contributed by atoms with Crippen LogP contribution >= 0.6 is 9.39 Å². The van der Waals surface area contributed by atoms with Gasteiger partial charge in [0.1, 0.15) is 0 Å². The maximum Gasteiger partial charge on any atom is 0.471 e. The standard InChI is InChI=1S/C13H20F3N2O5P/c1-3-22-10(19)8(11(20)23-4-2)9-7(5-6-18(9)24)17-12(21)13(14,15)16/h7-9H,3-6,24H2,1-2H3,(H,17,21). The van der Waals surface area contributed by atoms with E-state index in [1.807, 2.05) is 5.32 Å². The summed E-state index contributed by atoms with van der Waals surface area (Å²) in [6.45, 7) is 3.34. The van der Waals surface area contributed by atoms with Crippen molar-refractivity contribution in [2.75, 3.05) is 19.8 Å². The number of halogens is 3. The van der Waals surface area contributed by atoms with Crippen molar-refractivity contribution < 1.29 is 37.0 Å². The van der Waals surface area contributed by atoms with Gasteiger partial charge in [0, 0.05) is 12.6 Å². The van der Waals surface area contributed by atoms with Crippen molar-refractivity contribution in [2.45, 2.75) is 38.5 Å². The molecule has 1 rings (SSSR count). The Balaban J connectivity index is 3.04. The molecule has 3 atom stereocenters. The molecule has 0 radical (unpaired) electrons. The molecule has 1 N–H and O–H groups in total. The average molecular weight is 372 g/mol. The second-order valence-corrected chi connectivity index (χ2v) is 5.74. The van der Waals surface area contributed by atoms with Crippen molar-refractivity contribution in [3.8, 4) is 0 Å². The van der Waals surface area contributed by atoms with E-state index in [4.69, 9.17) is 9.47 Å². The first-order valence-corrected chi connectivity index (χ1v) is 7.87. The van der Waals surface area contributed by atoms with Gasteiger partial charge in [-0.15, -0.1) is 0 Å². The van der Waals surface area contributed by atoms with Gasteiger partial charge in [0.25, 0.3) is 0 Å². The van der Waals surface area contributed by atoms with E-state index in [9.17, 15) is 27.6 Å². The molecule has 0 aromatic carbocycles. The van der Waals surface area contributed by atoms with Crippen LogP contribution in [-0.2, 0) is 23.9 Å². The van der Waals surface area contributed by atoms with E-state index >= 15 is 0 Å². The number of nitrogens with one attached hydrogen (secondary N) is 1. The summed E-state index contributed by atoms with van der Waals surface area (Å²) in [5.74, 6) is -5.38. The summed E-state index contributed by atoms with van der Waals surface area (Å²) in [5, 5.41) is 1.84. The zero-order valence-electron chi connectivity index (χ0n) is 13.3. The van der Waals surface area contributed by atoms with Gasteiger partial charge >= 0.3 is 24.0 Å². The second kappa shape index (κ2) is 8.62. The van der Waals surface area contributed by atoms with Gasteiger partial charge in [0.2, 0.25) is 0 Å². The molecule has 0 spiro atoms. The van der Waals surface area contributed by atoms with E-state index in [0.29, 0.717) is 0 Å². The quantitative estimate of drug-likeness (QED) is 0.419. The van der Waals surface area contributed by atoms with Gasteiger partial charge in [0.15, 0.2) is 5.92 Å². The molecule has 0 saturated carbocycles. The highest BCUT2D eigenvalue weighted by Crippen LogP contribution is 2.30. The second-order valence-electron chi connectivity index (χ2n) is 5.08. The number of ether oxygens (including phenoxy) is 2. The molecule has 3 unspecified atom stereocenters. The average Bonchev–Trinajstić information content (AvgIpc) is 2.80. The molecular weight excluding hydrogens is 352 g/mol. The van der Waals surface area contributed by atoms with Crippen LogP contribution in [0.1, 0.15) is 20.3 Å². The van der Waals surface area contributed by atoms with E-state index in [1.165, 1.54) is 18.5 Å². The van der Waals surface area contributed by atoms with Crippen molar-refractivity contribution in [2.24, 2.45) is 5.92 Å². The van der Waals surface area contributed by atoms with Crippen molar-refractivity contribution in [3.05, 3.63) is 0 Å². The minimum atomic E-state index is -5.05. The molecule has 0 aromatic rings. The van der Waals surface area contributed by atoms with E-state index < -0.39 is 42.0 Å². The molecule has 1 fully saturated rings. The molecule has 1 aliphatic heterocycles. The SMILES string of the molecule is CCOC(=O)C(C(=O)OCC)C1C(NC(=O)C(F)(F)F)CCN1P. The fourth-order valence-electron chi connectivity index (χ4n) is 2.51. The third kappa shape index (κ3) is 5.04. The lowest BCUT2D eigenvalue weighted by Gasteiger charge is -2.30. The third-order valence-corrected chi connectivity index (χ3v) is 4.09. The molecule has 1 aliphatic rings. The molecule has 0 bridgehead atoms. The van der Waals surface area contributed by atoms with E-state index in [-0.39, 0.29) is 26.2 Å². The summed E-state index contributed by atoms with van der Waals surface area (Å²) in [6, 6.07) is -2.06. The molecule has 1 saturated heterocycles. The highest BCUT2D eigenvalue weighted by Gasteiger charge is 2.49. The summed E-state index contributed by atoms with van der Waals surface area (Å²) >= 11 is 0. The Morgan fingerprint density at radius 2 is 1.71 bits per heavy atom. The molecule has 0 aromatic heterocycles. The molecule has 11 heteroatoms. The van der Waals surface area contributed by atoms with Crippen LogP contribution < -0.4 is 5.32 Å². The smallest absolute Gasteiger partial charge is 0.465 e. The van der Waals surface area contributed by atoms with Gasteiger partial charge in [-0.2, -0.15) is 13.2 Å². The number of nitrogens with zero attached hydrogens (tertiary/aromatic N) is 1. The Bertz CT molecular complexity index is 471. The summed E-state index contributed by atoms with van der Waals surface area (Å²) in [6.07, 6.45) is -4.91. The van der Waals surface area contributed by atoms with Gasteiger partial charge in [-0.25, -0.2) is 0 Å². The predicted molar refractivity (Wildman–Crippen MR) is 79.6 cm³/mol. The van der Waals surface area contributed by atoms with Crippen molar-refractivity contribution in [1.82, 2.24) is 9.99 Å². The monoisotopic (exact) mass is 372 g/mol. The number of rotatable bonds is 6. The first kappa shape index (κ1) is 20.6. The Hall–Kier alpha value is -1.41. The lowest BCUT2D eigenvalue weighted by atomic mass is 9.94. The maximum absolute atomic E-state index is 12.5. The van der Waals surface area contributed by atoms with E-state index in [0.717, 1.165) is 0 Å². The van der Waals surface area contributed by atoms with Crippen LogP contribution in [0.3, 0.4) is 0 Å². The Labute approximate surface area is 139 Å². The zero-order valence-corrected chi connectivity index (χ0v) is 14.4. The van der Waals surface area contributed by atoms with Crippen LogP contribution in [0.2, 0.25) is 0 Å². The van der Waals surface area contributed by atoms with Crippen LogP contribution in [0.15, 0.2) is 0 Å². The number of hydrogen-bond donors (Lipinski definition) is 1. The van der Waals surface area contributed by atoms with Crippen molar-refractivity contribution >= 4 is 27.2 Å². The van der Waals surface area contributed by atoms with Gasteiger partial charge in [-0.3, -0.25) is 19.1 Å². The largest absolute Gasteiger partial charge is 0.471 e. The lowest BCUT2D eigenvalue weighted by molar-refractivity contribution is -0.175. The Kier molecular flexibility index (Phi) is 7.41. The molecular formula is C13H20F3N2O5P. The van der Waals surface area contributed by atoms with Crippen LogP contribution in [0.5, 0.6) is 0 Å². The molecule has 138 valence electrons. The Morgan fingerprint density at radius 3 is 2.12 bits per heavy atom. The normalized spacial score (nSPS) is 21.6. The van der Waals surface area contributed by atoms with Crippen LogP contribution in [0.25, 0.3) is 0 Å². The number of carbonyl (C=O) groups is 3. The van der Waals surface area contributed by atoms with Crippen LogP contribution in [0.4, 0.5) is 13.2 Å². The number of hydrogen-bond acceptors (Lipinski definition) is 6. The van der Waals surface area contributed by atoms with Gasteiger partial charge in [0.05, 0.1) is 19.3 Å². The summed E-state index contributed by atoms with van der Waals surface area (Å²) < 4.78 is 48.6. The number of amides is 1. The maximum atomic E-state index is 12.5. The van der Waals surface area contributed by atoms with Crippen molar-refractivity contribution in [1.29, 1.82) is 0 Å². The number of esters is 2. The first-order valence-electron chi connectivity index (χ1n) is 7.35. The molecule has 1 amide bonds. The minimum Gasteiger partial charge on any atom is -0.465 e. The number of alkyl halides is 3. The molecule has 1 heterocycles. The summed E-state index contributed by atoms with van der Waals surface area (Å²) in [7, 11) is 2.24. The van der Waals surface area contributed by atoms with Crippen molar-refractivity contribution in [3.63, 3.8) is 0 Å². The van der Waals surface area contributed by atoms with Gasteiger partial charge in [-0.05, 0) is 20.3 Å². The topological polar surface area (TPSA) is 84.9 Å². The summed E-state index contributed by atoms with van der Waals surface area (Å²) in [4.78, 5) is 35.4. The van der Waals surface area contributed by atoms with Crippen LogP contribution in [0, 0.1) is 5.92 Å². The molecule has 7 nitrogen and oxygen atoms in total. The lowest BCUT2D eigenvalue weighted by Crippen LogP contribution is -2.54. The molecule has 0 aliphatic carbocycles. The minimum absolute atomic E-state index is 0.00209. The van der Waals surface area contributed by atoms with Gasteiger partial charge in [-0.1, -0.05) is 9.39 Å². The highest BCUT2D eigenvalue weighted by molar-refractivity contribution is 7.13. The van der Waals surface area contributed by atoms with E-state index in [2.05, 4.69) is 9.39 Å². The van der Waals surface area contributed by atoms with Crippen LogP contribution in [-0.4, -0.2) is 60.5 Å². The fraction of sp³-hybridized carbons (Fsp3) is 0.769. The highest BCUT2D eigenvalue weighted by atomic mass is 31.0. The summed E-state index contributed by atoms with van der Waals surface area (Å²) in [5.41, 5.74) is 0. The molecule has 24 heavy (non-hydrogen) atoms. The van der Waals surface area contributed by atoms with E-state index in [1.54, 1.807) is 0 Å². The zero-order chi connectivity index (χ0) is 18.5.